The number of hydrogen-bond acceptors (Lipinski definition) is 9. The van der Waals surface area contributed by atoms with E-state index in [0.29, 0.717) is 16.6 Å². The van der Waals surface area contributed by atoms with Crippen molar-refractivity contribution in [1.29, 1.82) is 0 Å². The third-order valence-electron chi connectivity index (χ3n) is 5.76. The molecular formula is C25H28N4O6. The second kappa shape index (κ2) is 10.8. The Morgan fingerprint density at radius 2 is 1.23 bits per heavy atom. The SMILES string of the molecule is Cc1cc2ncc(C(=O)O)nc2cc1C.Cc1cc2ncc([C@@H](O)[C@H](O)[C@H](O)CO)nc2cc1C. The average molecular weight is 481 g/mol. The lowest BCUT2D eigenvalue weighted by atomic mass is 10.1. The van der Waals surface area contributed by atoms with Gasteiger partial charge in [0.25, 0.3) is 0 Å². The lowest BCUT2D eigenvalue weighted by molar-refractivity contribution is -0.0789. The molecule has 0 fully saturated rings. The van der Waals surface area contributed by atoms with Crippen molar-refractivity contribution in [3.05, 3.63) is 70.3 Å². The number of carboxylic acid groups (broad SMARTS) is 1. The van der Waals surface area contributed by atoms with Gasteiger partial charge in [0, 0.05) is 0 Å². The van der Waals surface area contributed by atoms with Crippen LogP contribution in [0.25, 0.3) is 22.1 Å². The second-order valence-electron chi connectivity index (χ2n) is 8.39. The Labute approximate surface area is 201 Å². The third-order valence-corrected chi connectivity index (χ3v) is 5.76. The van der Waals surface area contributed by atoms with Crippen LogP contribution in [0, 0.1) is 27.7 Å². The fourth-order valence-corrected chi connectivity index (χ4v) is 3.29. The normalized spacial score (nSPS) is 13.7. The lowest BCUT2D eigenvalue weighted by Crippen LogP contribution is -2.35. The summed E-state index contributed by atoms with van der Waals surface area (Å²) in [4.78, 5) is 27.2. The van der Waals surface area contributed by atoms with Crippen molar-refractivity contribution in [2.75, 3.05) is 6.61 Å². The molecule has 35 heavy (non-hydrogen) atoms. The van der Waals surface area contributed by atoms with Crippen LogP contribution in [-0.2, 0) is 0 Å². The quantitative estimate of drug-likeness (QED) is 0.284. The van der Waals surface area contributed by atoms with Crippen LogP contribution in [0.15, 0.2) is 36.7 Å². The zero-order valence-corrected chi connectivity index (χ0v) is 19.8. The molecule has 0 amide bonds. The maximum Gasteiger partial charge on any atom is 0.356 e. The van der Waals surface area contributed by atoms with E-state index in [9.17, 15) is 20.1 Å². The van der Waals surface area contributed by atoms with Crippen LogP contribution in [0.5, 0.6) is 0 Å². The first kappa shape index (κ1) is 26.0. The first-order valence-electron chi connectivity index (χ1n) is 10.9. The topological polar surface area (TPSA) is 170 Å². The fourth-order valence-electron chi connectivity index (χ4n) is 3.29. The number of aliphatic hydroxyl groups is 4. The molecule has 0 aliphatic carbocycles. The molecule has 2 aromatic carbocycles. The van der Waals surface area contributed by atoms with Gasteiger partial charge < -0.3 is 25.5 Å². The van der Waals surface area contributed by atoms with E-state index < -0.39 is 30.9 Å². The first-order valence-corrected chi connectivity index (χ1v) is 10.9. The molecule has 0 bridgehead atoms. The number of aliphatic hydroxyl groups excluding tert-OH is 4. The van der Waals surface area contributed by atoms with Crippen molar-refractivity contribution in [2.45, 2.75) is 46.0 Å². The molecule has 0 saturated carbocycles. The van der Waals surface area contributed by atoms with Gasteiger partial charge >= 0.3 is 5.97 Å². The molecule has 2 aromatic heterocycles. The summed E-state index contributed by atoms with van der Waals surface area (Å²) in [5, 5.41) is 46.5. The number of carbonyl (C=O) groups is 1. The number of nitrogens with zero attached hydrogens (tertiary/aromatic N) is 4. The minimum absolute atomic E-state index is 0.0225. The van der Waals surface area contributed by atoms with Gasteiger partial charge in [-0.05, 0) is 74.2 Å². The Balaban J connectivity index is 0.000000203. The number of rotatable bonds is 5. The Kier molecular flexibility index (Phi) is 8.03. The van der Waals surface area contributed by atoms with Crippen LogP contribution in [-0.4, -0.2) is 70.3 Å². The molecule has 0 saturated heterocycles. The van der Waals surface area contributed by atoms with E-state index in [-0.39, 0.29) is 11.4 Å². The largest absolute Gasteiger partial charge is 0.476 e. The molecule has 0 radical (unpaired) electrons. The Bertz CT molecular complexity index is 1380. The smallest absolute Gasteiger partial charge is 0.356 e. The van der Waals surface area contributed by atoms with E-state index in [0.717, 1.165) is 27.8 Å². The van der Waals surface area contributed by atoms with Crippen LogP contribution in [0.1, 0.15) is 44.5 Å². The van der Waals surface area contributed by atoms with Crippen molar-refractivity contribution in [2.24, 2.45) is 0 Å². The molecule has 0 spiro atoms. The van der Waals surface area contributed by atoms with E-state index in [2.05, 4.69) is 19.9 Å². The molecule has 10 nitrogen and oxygen atoms in total. The van der Waals surface area contributed by atoms with Gasteiger partial charge in [0.1, 0.15) is 18.3 Å². The Morgan fingerprint density at radius 3 is 1.71 bits per heavy atom. The van der Waals surface area contributed by atoms with Gasteiger partial charge in [-0.25, -0.2) is 14.8 Å². The predicted octanol–water partition coefficient (Wildman–Crippen LogP) is 1.94. The number of benzene rings is 2. The first-order chi connectivity index (χ1) is 16.5. The van der Waals surface area contributed by atoms with Crippen LogP contribution in [0.3, 0.4) is 0 Å². The number of aromatic nitrogens is 4. The van der Waals surface area contributed by atoms with Gasteiger partial charge in [-0.15, -0.1) is 0 Å². The maximum absolute atomic E-state index is 10.7. The van der Waals surface area contributed by atoms with E-state index in [1.807, 2.05) is 52.0 Å². The highest BCUT2D eigenvalue weighted by Crippen LogP contribution is 2.21. The summed E-state index contributed by atoms with van der Waals surface area (Å²) in [6.07, 6.45) is -1.72. The van der Waals surface area contributed by atoms with Crippen LogP contribution in [0.2, 0.25) is 0 Å². The number of aromatic carboxylic acids is 1. The van der Waals surface area contributed by atoms with E-state index in [1.54, 1.807) is 0 Å². The second-order valence-corrected chi connectivity index (χ2v) is 8.39. The number of aryl methyl sites for hydroxylation is 4. The molecule has 10 heteroatoms. The van der Waals surface area contributed by atoms with Crippen molar-refractivity contribution < 1.29 is 30.3 Å². The van der Waals surface area contributed by atoms with Crippen LogP contribution >= 0.6 is 0 Å². The van der Waals surface area contributed by atoms with Gasteiger partial charge in [0.2, 0.25) is 0 Å². The van der Waals surface area contributed by atoms with Gasteiger partial charge in [0.05, 0.1) is 46.8 Å². The highest BCUT2D eigenvalue weighted by Gasteiger charge is 2.27. The highest BCUT2D eigenvalue weighted by molar-refractivity contribution is 5.88. The molecule has 184 valence electrons. The van der Waals surface area contributed by atoms with E-state index >= 15 is 0 Å². The standard InChI is InChI=1S/C14H18N2O4.C11H10N2O2/c1-7-3-9-10(4-8(7)2)16-11(5-15-9)13(19)14(20)12(18)6-17;1-6-3-8-9(4-7(6)2)13-10(5-12-8)11(14)15/h3-5,12-14,17-20H,6H2,1-2H3;3-5H,1-2H3,(H,14,15)/t12-,13-,14-;/m1./s1. The molecule has 4 rings (SSSR count). The van der Waals surface area contributed by atoms with Gasteiger partial charge in [0.15, 0.2) is 5.69 Å². The molecule has 2 heterocycles. The van der Waals surface area contributed by atoms with Crippen molar-refractivity contribution >= 4 is 28.0 Å². The Hall–Kier alpha value is -3.57. The molecule has 0 aliphatic heterocycles. The molecule has 0 unspecified atom stereocenters. The summed E-state index contributed by atoms with van der Waals surface area (Å²) in [7, 11) is 0. The summed E-state index contributed by atoms with van der Waals surface area (Å²) in [6.45, 7) is 7.23. The molecule has 3 atom stereocenters. The number of carboxylic acids is 1. The fraction of sp³-hybridized carbons (Fsp3) is 0.320. The molecule has 0 aliphatic rings. The zero-order chi connectivity index (χ0) is 25.9. The summed E-state index contributed by atoms with van der Waals surface area (Å²) < 4.78 is 0. The van der Waals surface area contributed by atoms with Crippen molar-refractivity contribution in [3.63, 3.8) is 0 Å². The zero-order valence-electron chi connectivity index (χ0n) is 19.8. The lowest BCUT2D eigenvalue weighted by Gasteiger charge is -2.21. The van der Waals surface area contributed by atoms with Crippen molar-refractivity contribution in [1.82, 2.24) is 19.9 Å². The monoisotopic (exact) mass is 480 g/mol. The summed E-state index contributed by atoms with van der Waals surface area (Å²) in [5.41, 5.74) is 7.13. The maximum atomic E-state index is 10.7. The highest BCUT2D eigenvalue weighted by atomic mass is 16.4. The summed E-state index contributed by atoms with van der Waals surface area (Å²) in [6, 6.07) is 7.50. The van der Waals surface area contributed by atoms with Crippen LogP contribution in [0.4, 0.5) is 0 Å². The van der Waals surface area contributed by atoms with E-state index in [4.69, 9.17) is 10.2 Å². The number of hydrogen-bond donors (Lipinski definition) is 5. The third kappa shape index (κ3) is 5.92. The van der Waals surface area contributed by atoms with Gasteiger partial charge in [-0.2, -0.15) is 0 Å². The van der Waals surface area contributed by atoms with Crippen molar-refractivity contribution in [3.8, 4) is 0 Å². The minimum atomic E-state index is -1.52. The molecular weight excluding hydrogens is 452 g/mol. The average Bonchev–Trinajstić information content (AvgIpc) is 2.83. The van der Waals surface area contributed by atoms with Gasteiger partial charge in [-0.1, -0.05) is 0 Å². The number of fused-ring (bicyclic) bond motifs is 2. The summed E-state index contributed by atoms with van der Waals surface area (Å²) >= 11 is 0. The molecule has 4 aromatic rings. The molecule has 5 N–H and O–H groups in total. The summed E-state index contributed by atoms with van der Waals surface area (Å²) in [5.74, 6) is -1.05. The van der Waals surface area contributed by atoms with Gasteiger partial charge in [-0.3, -0.25) is 9.97 Å². The van der Waals surface area contributed by atoms with E-state index in [1.165, 1.54) is 12.4 Å². The van der Waals surface area contributed by atoms with Crippen LogP contribution < -0.4 is 0 Å². The predicted molar refractivity (Wildman–Crippen MR) is 129 cm³/mol. The Morgan fingerprint density at radius 1 is 0.771 bits per heavy atom. The minimum Gasteiger partial charge on any atom is -0.476 e.